The summed E-state index contributed by atoms with van der Waals surface area (Å²) >= 11 is 1.61. The van der Waals surface area contributed by atoms with E-state index in [1.165, 1.54) is 0 Å². The molecule has 0 unspecified atom stereocenters. The van der Waals surface area contributed by atoms with Gasteiger partial charge in [-0.3, -0.25) is 9.59 Å². The maximum atomic E-state index is 12.2. The molecule has 0 aromatic carbocycles. The Morgan fingerprint density at radius 3 is 2.80 bits per heavy atom. The SMILES string of the molecule is CC(C)c1nc(CN(C)C(=O)C2=NNC(=O)CC2)cs1. The molecule has 1 aromatic heterocycles. The predicted octanol–water partition coefficient (Wildman–Crippen LogP) is 1.49. The van der Waals surface area contributed by atoms with Gasteiger partial charge in [-0.2, -0.15) is 5.10 Å². The third-order valence-corrected chi connectivity index (χ3v) is 4.15. The number of nitrogens with one attached hydrogen (secondary N) is 1. The molecule has 2 heterocycles. The van der Waals surface area contributed by atoms with Crippen molar-refractivity contribution in [3.05, 3.63) is 16.1 Å². The minimum atomic E-state index is -0.163. The van der Waals surface area contributed by atoms with Gasteiger partial charge in [-0.05, 0) is 0 Å². The lowest BCUT2D eigenvalue weighted by molar-refractivity contribution is -0.124. The van der Waals surface area contributed by atoms with Gasteiger partial charge in [-0.1, -0.05) is 13.8 Å². The second-order valence-electron chi connectivity index (χ2n) is 5.09. The van der Waals surface area contributed by atoms with Crippen molar-refractivity contribution < 1.29 is 9.59 Å². The molecule has 1 aliphatic heterocycles. The van der Waals surface area contributed by atoms with Crippen molar-refractivity contribution in [1.82, 2.24) is 15.3 Å². The zero-order valence-electron chi connectivity index (χ0n) is 11.8. The van der Waals surface area contributed by atoms with Gasteiger partial charge in [0.1, 0.15) is 5.71 Å². The molecule has 108 valence electrons. The summed E-state index contributed by atoms with van der Waals surface area (Å²) in [7, 11) is 1.72. The van der Waals surface area contributed by atoms with Crippen LogP contribution in [0.15, 0.2) is 10.5 Å². The third-order valence-electron chi connectivity index (χ3n) is 2.96. The fraction of sp³-hybridized carbons (Fsp3) is 0.538. The molecule has 0 saturated heterocycles. The van der Waals surface area contributed by atoms with E-state index < -0.39 is 0 Å². The first kappa shape index (κ1) is 14.6. The summed E-state index contributed by atoms with van der Waals surface area (Å²) in [6, 6.07) is 0. The van der Waals surface area contributed by atoms with Crippen LogP contribution in [0.4, 0.5) is 0 Å². The highest BCUT2D eigenvalue weighted by Crippen LogP contribution is 2.20. The first-order chi connectivity index (χ1) is 9.47. The van der Waals surface area contributed by atoms with E-state index in [1.54, 1.807) is 23.3 Å². The lowest BCUT2D eigenvalue weighted by atomic mass is 10.1. The van der Waals surface area contributed by atoms with Crippen LogP contribution in [-0.4, -0.2) is 34.5 Å². The Hall–Kier alpha value is -1.76. The Balaban J connectivity index is 1.98. The van der Waals surface area contributed by atoms with Crippen molar-refractivity contribution in [3.63, 3.8) is 0 Å². The Morgan fingerprint density at radius 2 is 2.25 bits per heavy atom. The molecule has 0 bridgehead atoms. The summed E-state index contributed by atoms with van der Waals surface area (Å²) in [5.74, 6) is 0.0852. The zero-order chi connectivity index (χ0) is 14.7. The average Bonchev–Trinajstić information content (AvgIpc) is 2.87. The predicted molar refractivity (Wildman–Crippen MR) is 77.5 cm³/mol. The number of carbonyl (C=O) groups is 2. The lowest BCUT2D eigenvalue weighted by Crippen LogP contribution is -2.37. The van der Waals surface area contributed by atoms with Gasteiger partial charge in [0, 0.05) is 31.2 Å². The average molecular weight is 294 g/mol. The third kappa shape index (κ3) is 3.41. The van der Waals surface area contributed by atoms with Crippen LogP contribution in [-0.2, 0) is 16.1 Å². The molecule has 0 aliphatic carbocycles. The molecule has 0 spiro atoms. The van der Waals surface area contributed by atoms with Gasteiger partial charge in [0.15, 0.2) is 0 Å². The molecule has 20 heavy (non-hydrogen) atoms. The number of carbonyl (C=O) groups excluding carboxylic acids is 2. The molecule has 0 saturated carbocycles. The monoisotopic (exact) mass is 294 g/mol. The second-order valence-corrected chi connectivity index (χ2v) is 5.98. The summed E-state index contributed by atoms with van der Waals surface area (Å²) in [6.45, 7) is 4.64. The van der Waals surface area contributed by atoms with Crippen LogP contribution in [0.3, 0.4) is 0 Å². The number of thiazole rings is 1. The smallest absolute Gasteiger partial charge is 0.270 e. The molecule has 2 rings (SSSR count). The summed E-state index contributed by atoms with van der Waals surface area (Å²) in [5, 5.41) is 6.86. The fourth-order valence-corrected chi connectivity index (χ4v) is 2.65. The molecule has 0 radical (unpaired) electrons. The van der Waals surface area contributed by atoms with E-state index >= 15 is 0 Å². The van der Waals surface area contributed by atoms with Crippen LogP contribution in [0.2, 0.25) is 0 Å². The maximum Gasteiger partial charge on any atom is 0.270 e. The van der Waals surface area contributed by atoms with Crippen LogP contribution in [0, 0.1) is 0 Å². The molecule has 1 aliphatic rings. The van der Waals surface area contributed by atoms with Crippen LogP contribution in [0.1, 0.15) is 43.3 Å². The van der Waals surface area contributed by atoms with Gasteiger partial charge >= 0.3 is 0 Å². The number of rotatable bonds is 4. The van der Waals surface area contributed by atoms with Crippen molar-refractivity contribution in [2.24, 2.45) is 5.10 Å². The second kappa shape index (κ2) is 6.13. The minimum absolute atomic E-state index is 0.148. The number of aromatic nitrogens is 1. The molecule has 1 N–H and O–H groups in total. The topological polar surface area (TPSA) is 74.7 Å². The molecule has 0 fully saturated rings. The number of hydrogen-bond acceptors (Lipinski definition) is 5. The molecule has 7 heteroatoms. The number of hydrogen-bond donors (Lipinski definition) is 1. The first-order valence-electron chi connectivity index (χ1n) is 6.52. The van der Waals surface area contributed by atoms with E-state index in [1.807, 2.05) is 5.38 Å². The quantitative estimate of drug-likeness (QED) is 0.914. The van der Waals surface area contributed by atoms with E-state index in [4.69, 9.17) is 0 Å². The number of hydrazone groups is 1. The molecular weight excluding hydrogens is 276 g/mol. The van der Waals surface area contributed by atoms with Crippen molar-refractivity contribution >= 4 is 28.9 Å². The fourth-order valence-electron chi connectivity index (χ4n) is 1.82. The normalized spacial score (nSPS) is 15.0. The summed E-state index contributed by atoms with van der Waals surface area (Å²) in [6.07, 6.45) is 0.704. The van der Waals surface area contributed by atoms with E-state index in [0.717, 1.165) is 10.7 Å². The van der Waals surface area contributed by atoms with E-state index in [9.17, 15) is 9.59 Å². The highest BCUT2D eigenvalue weighted by Gasteiger charge is 2.22. The Labute approximate surface area is 121 Å². The van der Waals surface area contributed by atoms with Crippen molar-refractivity contribution in [3.8, 4) is 0 Å². The van der Waals surface area contributed by atoms with Gasteiger partial charge in [-0.15, -0.1) is 11.3 Å². The van der Waals surface area contributed by atoms with Crippen molar-refractivity contribution in [2.75, 3.05) is 7.05 Å². The van der Waals surface area contributed by atoms with Crippen molar-refractivity contribution in [1.29, 1.82) is 0 Å². The van der Waals surface area contributed by atoms with Crippen molar-refractivity contribution in [2.45, 2.75) is 39.2 Å². The van der Waals surface area contributed by atoms with Gasteiger partial charge in [-0.25, -0.2) is 10.4 Å². The number of nitrogens with zero attached hydrogens (tertiary/aromatic N) is 3. The zero-order valence-corrected chi connectivity index (χ0v) is 12.7. The number of amides is 2. The van der Waals surface area contributed by atoms with Gasteiger partial charge in [0.25, 0.3) is 5.91 Å². The highest BCUT2D eigenvalue weighted by atomic mass is 32.1. The Kier molecular flexibility index (Phi) is 4.49. The summed E-state index contributed by atoms with van der Waals surface area (Å²) in [4.78, 5) is 29.3. The molecule has 6 nitrogen and oxygen atoms in total. The van der Waals surface area contributed by atoms with Gasteiger partial charge in [0.2, 0.25) is 5.91 Å². The van der Waals surface area contributed by atoms with E-state index in [2.05, 4.69) is 29.4 Å². The van der Waals surface area contributed by atoms with Crippen LogP contribution < -0.4 is 5.43 Å². The van der Waals surface area contributed by atoms with Gasteiger partial charge in [0.05, 0.1) is 17.2 Å². The highest BCUT2D eigenvalue weighted by molar-refractivity contribution is 7.09. The molecule has 0 atom stereocenters. The molecular formula is C13H18N4O2S. The standard InChI is InChI=1S/C13H18N4O2S/c1-8(2)12-14-9(7-20-12)6-17(3)13(19)10-4-5-11(18)16-15-10/h7-8H,4-6H2,1-3H3,(H,16,18). The maximum absolute atomic E-state index is 12.2. The van der Waals surface area contributed by atoms with E-state index in [-0.39, 0.29) is 11.8 Å². The lowest BCUT2D eigenvalue weighted by Gasteiger charge is -2.18. The molecule has 1 aromatic rings. The largest absolute Gasteiger partial charge is 0.335 e. The minimum Gasteiger partial charge on any atom is -0.335 e. The van der Waals surface area contributed by atoms with Crippen LogP contribution in [0.25, 0.3) is 0 Å². The summed E-state index contributed by atoms with van der Waals surface area (Å²) in [5.41, 5.74) is 3.62. The Morgan fingerprint density at radius 1 is 1.50 bits per heavy atom. The Bertz CT molecular complexity index is 550. The van der Waals surface area contributed by atoms with Crippen LogP contribution in [0.5, 0.6) is 0 Å². The molecule has 2 amide bonds. The van der Waals surface area contributed by atoms with Gasteiger partial charge < -0.3 is 4.90 Å². The van der Waals surface area contributed by atoms with Crippen LogP contribution >= 0.6 is 11.3 Å². The van der Waals surface area contributed by atoms with E-state index in [0.29, 0.717) is 31.0 Å². The first-order valence-corrected chi connectivity index (χ1v) is 7.40. The summed E-state index contributed by atoms with van der Waals surface area (Å²) < 4.78 is 0.